The highest BCUT2D eigenvalue weighted by Crippen LogP contribution is 2.24. The lowest BCUT2D eigenvalue weighted by molar-refractivity contribution is 0.183. The Morgan fingerprint density at radius 2 is 2.05 bits per heavy atom. The van der Waals surface area contributed by atoms with Gasteiger partial charge in [-0.25, -0.2) is 0 Å². The number of hydrogen-bond donors (Lipinski definition) is 1. The van der Waals surface area contributed by atoms with Gasteiger partial charge in [0, 0.05) is 50.6 Å². The Bertz CT molecular complexity index is 401. The number of nitrogens with zero attached hydrogens (tertiary/aromatic N) is 1. The Balaban J connectivity index is 2.62. The topological polar surface area (TPSA) is 33.7 Å². The summed E-state index contributed by atoms with van der Waals surface area (Å²) in [6, 6.07) is 6.79. The first-order valence-corrected chi connectivity index (χ1v) is 7.59. The van der Waals surface area contributed by atoms with E-state index in [0.717, 1.165) is 24.2 Å². The van der Waals surface area contributed by atoms with Gasteiger partial charge in [0.2, 0.25) is 0 Å². The summed E-state index contributed by atoms with van der Waals surface area (Å²) >= 11 is 3.64. The molecule has 0 amide bonds. The van der Waals surface area contributed by atoms with Gasteiger partial charge >= 0.3 is 0 Å². The Morgan fingerprint density at radius 1 is 1.30 bits per heavy atom. The van der Waals surface area contributed by atoms with Crippen LogP contribution in [0.1, 0.15) is 12.5 Å². The first-order chi connectivity index (χ1) is 9.60. The maximum absolute atomic E-state index is 5.20. The fourth-order valence-electron chi connectivity index (χ4n) is 1.90. The quantitative estimate of drug-likeness (QED) is 0.698. The van der Waals surface area contributed by atoms with E-state index in [1.54, 1.807) is 14.2 Å². The Kier molecular flexibility index (Phi) is 8.14. The van der Waals surface area contributed by atoms with Gasteiger partial charge in [-0.3, -0.25) is 0 Å². The normalized spacial score (nSPS) is 12.4. The van der Waals surface area contributed by atoms with Crippen LogP contribution in [0.25, 0.3) is 0 Å². The number of likely N-dealkylation sites (N-methyl/N-ethyl adjacent to an activating group) is 1. The second-order valence-corrected chi connectivity index (χ2v) is 5.71. The zero-order valence-corrected chi connectivity index (χ0v) is 14.4. The fourth-order valence-corrected chi connectivity index (χ4v) is 2.41. The van der Waals surface area contributed by atoms with Gasteiger partial charge in [0.25, 0.3) is 0 Å². The molecule has 0 aliphatic heterocycles. The van der Waals surface area contributed by atoms with Crippen molar-refractivity contribution in [3.63, 3.8) is 0 Å². The molecule has 1 unspecified atom stereocenters. The standard InChI is InChI=1S/C15H25BrN2O2/c1-12(11-20-4)18(2)14-6-5-13(15(16)9-14)10-17-7-8-19-3/h5-6,9,12,17H,7-8,10-11H2,1-4H3. The van der Waals surface area contributed by atoms with Crippen molar-refractivity contribution in [1.29, 1.82) is 0 Å². The van der Waals surface area contributed by atoms with Gasteiger partial charge < -0.3 is 19.7 Å². The van der Waals surface area contributed by atoms with Crippen molar-refractivity contribution in [3.05, 3.63) is 28.2 Å². The average Bonchev–Trinajstić information content (AvgIpc) is 2.44. The molecule has 0 heterocycles. The molecule has 0 saturated heterocycles. The third kappa shape index (κ3) is 5.40. The zero-order chi connectivity index (χ0) is 15.0. The van der Waals surface area contributed by atoms with Gasteiger partial charge in [0.05, 0.1) is 13.2 Å². The van der Waals surface area contributed by atoms with E-state index >= 15 is 0 Å². The highest BCUT2D eigenvalue weighted by Gasteiger charge is 2.11. The van der Waals surface area contributed by atoms with Crippen LogP contribution in [-0.2, 0) is 16.0 Å². The van der Waals surface area contributed by atoms with Crippen LogP contribution >= 0.6 is 15.9 Å². The summed E-state index contributed by atoms with van der Waals surface area (Å²) in [5.41, 5.74) is 2.43. The van der Waals surface area contributed by atoms with Crippen molar-refractivity contribution < 1.29 is 9.47 Å². The van der Waals surface area contributed by atoms with Crippen molar-refractivity contribution in [1.82, 2.24) is 5.32 Å². The van der Waals surface area contributed by atoms with Crippen molar-refractivity contribution >= 4 is 21.6 Å². The van der Waals surface area contributed by atoms with Crippen LogP contribution in [-0.4, -0.2) is 47.1 Å². The van der Waals surface area contributed by atoms with E-state index in [2.05, 4.69) is 58.3 Å². The second kappa shape index (κ2) is 9.34. The molecule has 0 aliphatic rings. The average molecular weight is 345 g/mol. The summed E-state index contributed by atoms with van der Waals surface area (Å²) in [6.07, 6.45) is 0. The molecule has 0 aliphatic carbocycles. The summed E-state index contributed by atoms with van der Waals surface area (Å²) in [6.45, 7) is 5.29. The Hall–Kier alpha value is -0.620. The lowest BCUT2D eigenvalue weighted by Crippen LogP contribution is -2.32. The van der Waals surface area contributed by atoms with Gasteiger partial charge in [0.15, 0.2) is 0 Å². The molecule has 0 saturated carbocycles. The van der Waals surface area contributed by atoms with Gasteiger partial charge in [-0.05, 0) is 24.6 Å². The molecule has 114 valence electrons. The number of nitrogens with one attached hydrogen (secondary N) is 1. The molecule has 1 atom stereocenters. The number of hydrogen-bond acceptors (Lipinski definition) is 4. The molecule has 1 aromatic carbocycles. The smallest absolute Gasteiger partial charge is 0.0663 e. The van der Waals surface area contributed by atoms with Crippen LogP contribution in [0.4, 0.5) is 5.69 Å². The largest absolute Gasteiger partial charge is 0.383 e. The van der Waals surface area contributed by atoms with E-state index in [9.17, 15) is 0 Å². The molecule has 0 aromatic heterocycles. The van der Waals surface area contributed by atoms with Crippen LogP contribution in [0.2, 0.25) is 0 Å². The van der Waals surface area contributed by atoms with Gasteiger partial charge in [-0.2, -0.15) is 0 Å². The highest BCUT2D eigenvalue weighted by molar-refractivity contribution is 9.10. The van der Waals surface area contributed by atoms with E-state index in [-0.39, 0.29) is 0 Å². The molecule has 0 bridgehead atoms. The van der Waals surface area contributed by atoms with Crippen LogP contribution in [0, 0.1) is 0 Å². The van der Waals surface area contributed by atoms with Crippen molar-refractivity contribution in [2.75, 3.05) is 45.9 Å². The predicted octanol–water partition coefficient (Wildman–Crippen LogP) is 2.66. The number of anilines is 1. The lowest BCUT2D eigenvalue weighted by Gasteiger charge is -2.27. The minimum absolute atomic E-state index is 0.345. The van der Waals surface area contributed by atoms with Crippen LogP contribution in [0.15, 0.2) is 22.7 Å². The van der Waals surface area contributed by atoms with Crippen molar-refractivity contribution in [2.45, 2.75) is 19.5 Å². The van der Waals surface area contributed by atoms with Crippen LogP contribution < -0.4 is 10.2 Å². The molecular formula is C15H25BrN2O2. The summed E-state index contributed by atoms with van der Waals surface area (Å²) in [4.78, 5) is 2.22. The first-order valence-electron chi connectivity index (χ1n) is 6.80. The van der Waals surface area contributed by atoms with Gasteiger partial charge in [-0.1, -0.05) is 22.0 Å². The molecule has 1 rings (SSSR count). The molecule has 0 radical (unpaired) electrons. The first kappa shape index (κ1) is 17.4. The fraction of sp³-hybridized carbons (Fsp3) is 0.600. The number of methoxy groups -OCH3 is 2. The molecule has 20 heavy (non-hydrogen) atoms. The van der Waals surface area contributed by atoms with Gasteiger partial charge in [0.1, 0.15) is 0 Å². The minimum Gasteiger partial charge on any atom is -0.383 e. The van der Waals surface area contributed by atoms with Crippen molar-refractivity contribution in [3.8, 4) is 0 Å². The molecular weight excluding hydrogens is 320 g/mol. The van der Waals surface area contributed by atoms with E-state index in [1.165, 1.54) is 11.3 Å². The summed E-state index contributed by atoms with van der Waals surface area (Å²) in [5.74, 6) is 0. The number of benzene rings is 1. The summed E-state index contributed by atoms with van der Waals surface area (Å²) in [7, 11) is 5.53. The third-order valence-electron chi connectivity index (χ3n) is 3.31. The number of rotatable bonds is 9. The molecule has 0 spiro atoms. The van der Waals surface area contributed by atoms with Crippen LogP contribution in [0.5, 0.6) is 0 Å². The minimum atomic E-state index is 0.345. The van der Waals surface area contributed by atoms with E-state index in [0.29, 0.717) is 12.6 Å². The molecule has 5 heteroatoms. The number of halogens is 1. The maximum Gasteiger partial charge on any atom is 0.0663 e. The molecule has 4 nitrogen and oxygen atoms in total. The summed E-state index contributed by atoms with van der Waals surface area (Å²) < 4.78 is 11.3. The van der Waals surface area contributed by atoms with E-state index in [1.807, 2.05) is 0 Å². The van der Waals surface area contributed by atoms with E-state index in [4.69, 9.17) is 9.47 Å². The Labute approximate surface area is 130 Å². The van der Waals surface area contributed by atoms with Crippen LogP contribution in [0.3, 0.4) is 0 Å². The highest BCUT2D eigenvalue weighted by atomic mass is 79.9. The zero-order valence-electron chi connectivity index (χ0n) is 12.8. The third-order valence-corrected chi connectivity index (χ3v) is 4.05. The van der Waals surface area contributed by atoms with Crippen molar-refractivity contribution in [2.24, 2.45) is 0 Å². The van der Waals surface area contributed by atoms with Gasteiger partial charge in [-0.15, -0.1) is 0 Å². The molecule has 1 aromatic rings. The Morgan fingerprint density at radius 3 is 2.65 bits per heavy atom. The lowest BCUT2D eigenvalue weighted by atomic mass is 10.1. The SMILES string of the molecule is COCCNCc1ccc(N(C)C(C)COC)cc1Br. The number of ether oxygens (including phenoxy) is 2. The summed E-state index contributed by atoms with van der Waals surface area (Å²) in [5, 5.41) is 3.35. The molecule has 0 fully saturated rings. The second-order valence-electron chi connectivity index (χ2n) is 4.86. The maximum atomic E-state index is 5.20. The monoisotopic (exact) mass is 344 g/mol. The van der Waals surface area contributed by atoms with E-state index < -0.39 is 0 Å². The predicted molar refractivity (Wildman–Crippen MR) is 87.5 cm³/mol. The molecule has 1 N–H and O–H groups in total.